The van der Waals surface area contributed by atoms with Gasteiger partial charge in [0.15, 0.2) is 0 Å². The highest BCUT2D eigenvalue weighted by atomic mass is 35.5. The standard InChI is InChI=1S/C23H27ClFN3OSi/c1-15-16(2)28(14-29-8-9-30(3,4)5)23-18(13-26)12-20(25)19(22(15)23)10-17-6-7-27-21(24)11-17/h6-7,11-12H,8-10,14H2,1-5H3. The summed E-state index contributed by atoms with van der Waals surface area (Å²) < 4.78 is 23.0. The molecule has 3 aromatic rings. The van der Waals surface area contributed by atoms with Crippen LogP contribution in [0.25, 0.3) is 10.9 Å². The van der Waals surface area contributed by atoms with Crippen molar-refractivity contribution in [1.29, 1.82) is 5.26 Å². The summed E-state index contributed by atoms with van der Waals surface area (Å²) >= 11 is 6.01. The first-order valence-electron chi connectivity index (χ1n) is 10.0. The van der Waals surface area contributed by atoms with Gasteiger partial charge in [-0.1, -0.05) is 31.2 Å². The molecular formula is C23H27ClFN3OSi. The molecule has 158 valence electrons. The van der Waals surface area contributed by atoms with Gasteiger partial charge in [-0.3, -0.25) is 0 Å². The third-order valence-corrected chi connectivity index (χ3v) is 7.37. The number of aryl methyl sites for hydroxylation is 1. The molecule has 0 N–H and O–H groups in total. The Balaban J connectivity index is 2.07. The fourth-order valence-corrected chi connectivity index (χ4v) is 4.58. The number of benzene rings is 1. The zero-order valence-electron chi connectivity index (χ0n) is 18.1. The van der Waals surface area contributed by atoms with E-state index in [1.165, 1.54) is 6.07 Å². The van der Waals surface area contributed by atoms with Crippen molar-refractivity contribution < 1.29 is 9.13 Å². The van der Waals surface area contributed by atoms with Crippen molar-refractivity contribution in [2.24, 2.45) is 0 Å². The van der Waals surface area contributed by atoms with Crippen LogP contribution in [0.1, 0.15) is 27.9 Å². The summed E-state index contributed by atoms with van der Waals surface area (Å²) in [6, 6.07) is 8.13. The summed E-state index contributed by atoms with van der Waals surface area (Å²) in [5, 5.41) is 10.8. The minimum absolute atomic E-state index is 0.323. The molecule has 2 aromatic heterocycles. The van der Waals surface area contributed by atoms with Crippen LogP contribution < -0.4 is 0 Å². The van der Waals surface area contributed by atoms with Gasteiger partial charge in [0.1, 0.15) is 23.8 Å². The van der Waals surface area contributed by atoms with Crippen LogP contribution in [0.3, 0.4) is 0 Å². The quantitative estimate of drug-likeness (QED) is 0.247. The van der Waals surface area contributed by atoms with Crippen LogP contribution in [0, 0.1) is 31.0 Å². The van der Waals surface area contributed by atoms with Crippen molar-refractivity contribution in [3.05, 3.63) is 63.3 Å². The van der Waals surface area contributed by atoms with Crippen molar-refractivity contribution in [1.82, 2.24) is 9.55 Å². The zero-order chi connectivity index (χ0) is 22.1. The number of hydrogen-bond donors (Lipinski definition) is 0. The fraction of sp³-hybridized carbons (Fsp3) is 0.391. The molecule has 0 saturated carbocycles. The van der Waals surface area contributed by atoms with E-state index in [0.29, 0.717) is 36.0 Å². The lowest BCUT2D eigenvalue weighted by molar-refractivity contribution is 0.0889. The van der Waals surface area contributed by atoms with Crippen molar-refractivity contribution in [2.75, 3.05) is 6.61 Å². The second kappa shape index (κ2) is 8.89. The molecule has 0 aliphatic rings. The Bertz CT molecular complexity index is 1130. The van der Waals surface area contributed by atoms with Crippen LogP contribution in [-0.2, 0) is 17.9 Å². The van der Waals surface area contributed by atoms with E-state index in [2.05, 4.69) is 30.7 Å². The summed E-state index contributed by atoms with van der Waals surface area (Å²) in [6.07, 6.45) is 1.99. The number of rotatable bonds is 7. The average Bonchev–Trinajstić information content (AvgIpc) is 2.91. The molecule has 1 aromatic carbocycles. The van der Waals surface area contributed by atoms with Crippen LogP contribution >= 0.6 is 11.6 Å². The highest BCUT2D eigenvalue weighted by Gasteiger charge is 2.22. The first-order chi connectivity index (χ1) is 14.1. The number of halogens is 2. The fourth-order valence-electron chi connectivity index (χ4n) is 3.62. The van der Waals surface area contributed by atoms with Crippen molar-refractivity contribution in [2.45, 2.75) is 52.7 Å². The van der Waals surface area contributed by atoms with Gasteiger partial charge in [-0.05, 0) is 49.2 Å². The van der Waals surface area contributed by atoms with E-state index in [9.17, 15) is 5.26 Å². The van der Waals surface area contributed by atoms with Gasteiger partial charge >= 0.3 is 0 Å². The third kappa shape index (κ3) is 4.75. The lowest BCUT2D eigenvalue weighted by atomic mass is 9.97. The molecular weight excluding hydrogens is 417 g/mol. The lowest BCUT2D eigenvalue weighted by Gasteiger charge is -2.17. The summed E-state index contributed by atoms with van der Waals surface area (Å²) in [5.41, 5.74) is 4.43. The minimum atomic E-state index is -1.19. The van der Waals surface area contributed by atoms with Crippen molar-refractivity contribution in [3.63, 3.8) is 0 Å². The number of hydrogen-bond acceptors (Lipinski definition) is 3. The van der Waals surface area contributed by atoms with Gasteiger partial charge in [0.05, 0.1) is 11.1 Å². The summed E-state index contributed by atoms with van der Waals surface area (Å²) in [7, 11) is -1.19. The second-order valence-electron chi connectivity index (χ2n) is 8.87. The molecule has 4 nitrogen and oxygen atoms in total. The number of nitrogens with zero attached hydrogens (tertiary/aromatic N) is 3. The number of nitriles is 1. The first kappa shape index (κ1) is 22.5. The Labute approximate surface area is 183 Å². The van der Waals surface area contributed by atoms with E-state index in [1.807, 2.05) is 24.5 Å². The van der Waals surface area contributed by atoms with E-state index in [-0.39, 0.29) is 5.82 Å². The maximum Gasteiger partial charge on any atom is 0.129 e. The minimum Gasteiger partial charge on any atom is -0.361 e. The molecule has 0 fully saturated rings. The van der Waals surface area contributed by atoms with Crippen molar-refractivity contribution >= 4 is 30.6 Å². The number of aromatic nitrogens is 2. The first-order valence-corrected chi connectivity index (χ1v) is 14.1. The summed E-state index contributed by atoms with van der Waals surface area (Å²) in [4.78, 5) is 4.00. The molecule has 0 aliphatic heterocycles. The summed E-state index contributed by atoms with van der Waals surface area (Å²) in [6.45, 7) is 11.9. The van der Waals surface area contributed by atoms with Gasteiger partial charge in [0, 0.05) is 43.9 Å². The highest BCUT2D eigenvalue weighted by molar-refractivity contribution is 6.76. The number of fused-ring (bicyclic) bond motifs is 1. The highest BCUT2D eigenvalue weighted by Crippen LogP contribution is 2.34. The van der Waals surface area contributed by atoms with E-state index < -0.39 is 8.07 Å². The Hall–Kier alpha value is -2.20. The van der Waals surface area contributed by atoms with Gasteiger partial charge < -0.3 is 9.30 Å². The van der Waals surface area contributed by atoms with E-state index in [0.717, 1.165) is 33.8 Å². The molecule has 3 rings (SSSR count). The molecule has 0 radical (unpaired) electrons. The number of pyridine rings is 1. The predicted octanol–water partition coefficient (Wildman–Crippen LogP) is 6.22. The Morgan fingerprint density at radius 2 is 2.00 bits per heavy atom. The smallest absolute Gasteiger partial charge is 0.129 e. The Kier molecular flexibility index (Phi) is 6.66. The predicted molar refractivity (Wildman–Crippen MR) is 122 cm³/mol. The molecule has 7 heteroatoms. The van der Waals surface area contributed by atoms with E-state index in [1.54, 1.807) is 12.3 Å². The van der Waals surface area contributed by atoms with Crippen LogP contribution in [0.15, 0.2) is 24.4 Å². The second-order valence-corrected chi connectivity index (χ2v) is 14.9. The normalized spacial score (nSPS) is 11.8. The zero-order valence-corrected chi connectivity index (χ0v) is 19.9. The Morgan fingerprint density at radius 1 is 1.27 bits per heavy atom. The lowest BCUT2D eigenvalue weighted by Crippen LogP contribution is -2.22. The van der Waals surface area contributed by atoms with Gasteiger partial charge in [-0.2, -0.15) is 5.26 Å². The Morgan fingerprint density at radius 3 is 2.63 bits per heavy atom. The molecule has 0 saturated heterocycles. The monoisotopic (exact) mass is 443 g/mol. The molecule has 0 unspecified atom stereocenters. The largest absolute Gasteiger partial charge is 0.361 e. The van der Waals surface area contributed by atoms with Gasteiger partial charge in [0.2, 0.25) is 0 Å². The molecule has 0 atom stereocenters. The number of ether oxygens (including phenoxy) is 1. The van der Waals surface area contributed by atoms with Crippen LogP contribution in [0.5, 0.6) is 0 Å². The van der Waals surface area contributed by atoms with Crippen molar-refractivity contribution in [3.8, 4) is 6.07 Å². The van der Waals surface area contributed by atoms with E-state index >= 15 is 4.39 Å². The van der Waals surface area contributed by atoms with Crippen LogP contribution in [0.2, 0.25) is 30.8 Å². The molecule has 0 amide bonds. The van der Waals surface area contributed by atoms with Gasteiger partial charge in [-0.15, -0.1) is 0 Å². The SMILES string of the molecule is Cc1c(C)n(COCC[Si](C)(C)C)c2c(C#N)cc(F)c(Cc3ccnc(Cl)c3)c12. The van der Waals surface area contributed by atoms with Gasteiger partial charge in [-0.25, -0.2) is 9.37 Å². The maximum atomic E-state index is 15.1. The molecule has 30 heavy (non-hydrogen) atoms. The van der Waals surface area contributed by atoms with Crippen LogP contribution in [0.4, 0.5) is 4.39 Å². The molecule has 2 heterocycles. The van der Waals surface area contributed by atoms with Crippen LogP contribution in [-0.4, -0.2) is 24.2 Å². The molecule has 0 spiro atoms. The summed E-state index contributed by atoms with van der Waals surface area (Å²) in [5.74, 6) is -0.383. The molecule has 0 bridgehead atoms. The third-order valence-electron chi connectivity index (χ3n) is 5.45. The maximum absolute atomic E-state index is 15.1. The average molecular weight is 444 g/mol. The topological polar surface area (TPSA) is 50.8 Å². The van der Waals surface area contributed by atoms with E-state index in [4.69, 9.17) is 16.3 Å². The molecule has 0 aliphatic carbocycles. The van der Waals surface area contributed by atoms with Gasteiger partial charge in [0.25, 0.3) is 0 Å².